The number of ether oxygens (including phenoxy) is 2. The number of hydrogen-bond acceptors (Lipinski definition) is 3. The van der Waals surface area contributed by atoms with Crippen LogP contribution in [0.4, 0.5) is 0 Å². The summed E-state index contributed by atoms with van der Waals surface area (Å²) in [6.07, 6.45) is 8.79. The maximum Gasteiger partial charge on any atom is 0.134 e. The van der Waals surface area contributed by atoms with E-state index >= 15 is 0 Å². The zero-order valence-electron chi connectivity index (χ0n) is 18.3. The lowest BCUT2D eigenvalue weighted by Gasteiger charge is -2.36. The van der Waals surface area contributed by atoms with Crippen molar-refractivity contribution in [2.24, 2.45) is 11.8 Å². The number of carbonyl (C=O) groups excluding carboxylic acids is 1. The Labute approximate surface area is 180 Å². The van der Waals surface area contributed by atoms with Crippen LogP contribution < -0.4 is 9.47 Å². The zero-order valence-corrected chi connectivity index (χ0v) is 18.3. The van der Waals surface area contributed by atoms with Crippen molar-refractivity contribution in [3.05, 3.63) is 59.7 Å². The van der Waals surface area contributed by atoms with Crippen molar-refractivity contribution in [2.45, 2.75) is 63.2 Å². The molecular formula is C27H34O3. The average Bonchev–Trinajstić information content (AvgIpc) is 2.70. The van der Waals surface area contributed by atoms with Crippen LogP contribution in [0.25, 0.3) is 0 Å². The van der Waals surface area contributed by atoms with Crippen LogP contribution in [0.2, 0.25) is 0 Å². The van der Waals surface area contributed by atoms with E-state index in [9.17, 15) is 4.79 Å². The number of methoxy groups -OCH3 is 2. The lowest BCUT2D eigenvalue weighted by atomic mass is 9.68. The minimum atomic E-state index is 0.314. The monoisotopic (exact) mass is 406 g/mol. The SMILES string of the molecule is COc1cccc([C@@H](CC(=O)C[C@H](c2cccc(OC)c2)C2CCC2)C2CCC2)c1. The number of benzene rings is 2. The van der Waals surface area contributed by atoms with Gasteiger partial charge < -0.3 is 9.47 Å². The van der Waals surface area contributed by atoms with Gasteiger partial charge >= 0.3 is 0 Å². The summed E-state index contributed by atoms with van der Waals surface area (Å²) in [5.74, 6) is 4.04. The van der Waals surface area contributed by atoms with Gasteiger partial charge in [0.1, 0.15) is 17.3 Å². The molecule has 0 bridgehead atoms. The highest BCUT2D eigenvalue weighted by molar-refractivity contribution is 5.80. The van der Waals surface area contributed by atoms with Gasteiger partial charge in [-0.3, -0.25) is 4.79 Å². The molecule has 3 nitrogen and oxygen atoms in total. The van der Waals surface area contributed by atoms with Crippen LogP contribution >= 0.6 is 0 Å². The van der Waals surface area contributed by atoms with Crippen LogP contribution in [0.5, 0.6) is 11.5 Å². The maximum atomic E-state index is 13.3. The minimum Gasteiger partial charge on any atom is -0.497 e. The molecule has 2 aromatic carbocycles. The highest BCUT2D eigenvalue weighted by Gasteiger charge is 2.34. The molecule has 2 aromatic rings. The molecule has 0 aromatic heterocycles. The van der Waals surface area contributed by atoms with Gasteiger partial charge in [-0.25, -0.2) is 0 Å². The number of rotatable bonds is 10. The normalized spacial score (nSPS) is 18.7. The Balaban J connectivity index is 1.50. The summed E-state index contributed by atoms with van der Waals surface area (Å²) >= 11 is 0. The van der Waals surface area contributed by atoms with Crippen molar-refractivity contribution in [3.63, 3.8) is 0 Å². The fraction of sp³-hybridized carbons (Fsp3) is 0.519. The van der Waals surface area contributed by atoms with E-state index in [1.54, 1.807) is 14.2 Å². The summed E-state index contributed by atoms with van der Waals surface area (Å²) in [6.45, 7) is 0. The second kappa shape index (κ2) is 9.68. The molecule has 0 aliphatic heterocycles. The van der Waals surface area contributed by atoms with Crippen LogP contribution in [-0.4, -0.2) is 20.0 Å². The molecule has 2 saturated carbocycles. The third kappa shape index (κ3) is 4.71. The highest BCUT2D eigenvalue weighted by Crippen LogP contribution is 2.45. The summed E-state index contributed by atoms with van der Waals surface area (Å²) in [6, 6.07) is 16.7. The van der Waals surface area contributed by atoms with Gasteiger partial charge in [0.15, 0.2) is 0 Å². The summed E-state index contributed by atoms with van der Waals surface area (Å²) < 4.78 is 10.9. The fourth-order valence-corrected chi connectivity index (χ4v) is 5.12. The van der Waals surface area contributed by atoms with E-state index in [-0.39, 0.29) is 0 Å². The Bertz CT molecular complexity index is 781. The van der Waals surface area contributed by atoms with Crippen LogP contribution in [-0.2, 0) is 4.79 Å². The smallest absolute Gasteiger partial charge is 0.134 e. The molecule has 2 aliphatic carbocycles. The standard InChI is InChI=1S/C27H34O3/c1-29-24-13-5-11-21(15-24)26(19-7-3-8-19)17-23(28)18-27(20-9-4-10-20)22-12-6-14-25(16-22)30-2/h5-6,11-16,19-20,26-27H,3-4,7-10,17-18H2,1-2H3/t26-,27-/m0/s1. The van der Waals surface area contributed by atoms with Gasteiger partial charge in [0, 0.05) is 12.8 Å². The van der Waals surface area contributed by atoms with Gasteiger partial charge in [-0.2, -0.15) is 0 Å². The van der Waals surface area contributed by atoms with Gasteiger partial charge in [0.2, 0.25) is 0 Å². The topological polar surface area (TPSA) is 35.5 Å². The van der Waals surface area contributed by atoms with Crippen LogP contribution in [0.3, 0.4) is 0 Å². The molecule has 2 atom stereocenters. The Morgan fingerprint density at radius 1 is 0.800 bits per heavy atom. The predicted octanol–water partition coefficient (Wildman–Crippen LogP) is 6.52. The first-order chi connectivity index (χ1) is 14.7. The van der Waals surface area contributed by atoms with Crippen LogP contribution in [0.1, 0.15) is 74.3 Å². The minimum absolute atomic E-state index is 0.314. The third-order valence-corrected chi connectivity index (χ3v) is 7.38. The second-order valence-corrected chi connectivity index (χ2v) is 9.10. The first kappa shape index (κ1) is 21.0. The van der Waals surface area contributed by atoms with E-state index in [4.69, 9.17) is 9.47 Å². The lowest BCUT2D eigenvalue weighted by molar-refractivity contribution is -0.120. The summed E-state index contributed by atoms with van der Waals surface area (Å²) in [5, 5.41) is 0. The third-order valence-electron chi connectivity index (χ3n) is 7.38. The molecule has 0 spiro atoms. The summed E-state index contributed by atoms with van der Waals surface area (Å²) in [7, 11) is 3.42. The van der Waals surface area contributed by atoms with Crippen molar-refractivity contribution in [3.8, 4) is 11.5 Å². The van der Waals surface area contributed by atoms with Crippen molar-refractivity contribution in [1.82, 2.24) is 0 Å². The van der Waals surface area contributed by atoms with E-state index in [1.165, 1.54) is 49.7 Å². The van der Waals surface area contributed by atoms with Crippen LogP contribution in [0.15, 0.2) is 48.5 Å². The quantitative estimate of drug-likeness (QED) is 0.450. The molecule has 0 amide bonds. The van der Waals surface area contributed by atoms with E-state index in [0.29, 0.717) is 42.3 Å². The van der Waals surface area contributed by atoms with E-state index in [1.807, 2.05) is 12.1 Å². The lowest BCUT2D eigenvalue weighted by Crippen LogP contribution is -2.26. The number of Topliss-reactive ketones (excluding diaryl/α,β-unsaturated/α-hetero) is 1. The van der Waals surface area contributed by atoms with E-state index in [0.717, 1.165) is 11.5 Å². The molecule has 2 aliphatic rings. The molecule has 30 heavy (non-hydrogen) atoms. The molecule has 3 heteroatoms. The van der Waals surface area contributed by atoms with Gasteiger partial charge in [-0.15, -0.1) is 0 Å². The largest absolute Gasteiger partial charge is 0.497 e. The molecular weight excluding hydrogens is 372 g/mol. The Kier molecular flexibility index (Phi) is 6.76. The van der Waals surface area contributed by atoms with Gasteiger partial charge in [-0.1, -0.05) is 37.1 Å². The van der Waals surface area contributed by atoms with Gasteiger partial charge in [0.25, 0.3) is 0 Å². The predicted molar refractivity (Wildman–Crippen MR) is 120 cm³/mol. The number of ketones is 1. The molecule has 0 saturated heterocycles. The molecule has 0 unspecified atom stereocenters. The fourth-order valence-electron chi connectivity index (χ4n) is 5.12. The number of hydrogen-bond donors (Lipinski definition) is 0. The second-order valence-electron chi connectivity index (χ2n) is 9.10. The Hall–Kier alpha value is -2.29. The Morgan fingerprint density at radius 3 is 1.57 bits per heavy atom. The molecule has 2 fully saturated rings. The summed E-state index contributed by atoms with van der Waals surface area (Å²) in [4.78, 5) is 13.3. The van der Waals surface area contributed by atoms with E-state index < -0.39 is 0 Å². The van der Waals surface area contributed by atoms with E-state index in [2.05, 4.69) is 36.4 Å². The van der Waals surface area contributed by atoms with Crippen molar-refractivity contribution in [1.29, 1.82) is 0 Å². The first-order valence-electron chi connectivity index (χ1n) is 11.5. The molecule has 160 valence electrons. The average molecular weight is 407 g/mol. The van der Waals surface area contributed by atoms with Gasteiger partial charge in [0.05, 0.1) is 14.2 Å². The highest BCUT2D eigenvalue weighted by atomic mass is 16.5. The van der Waals surface area contributed by atoms with Crippen molar-refractivity contribution in [2.75, 3.05) is 14.2 Å². The molecule has 0 N–H and O–H groups in total. The van der Waals surface area contributed by atoms with Crippen LogP contribution in [0, 0.1) is 11.8 Å². The summed E-state index contributed by atoms with van der Waals surface area (Å²) in [5.41, 5.74) is 2.52. The first-order valence-corrected chi connectivity index (χ1v) is 11.5. The van der Waals surface area contributed by atoms with Crippen molar-refractivity contribution < 1.29 is 14.3 Å². The Morgan fingerprint density at radius 2 is 1.23 bits per heavy atom. The zero-order chi connectivity index (χ0) is 20.9. The molecule has 0 radical (unpaired) electrons. The maximum absolute atomic E-state index is 13.3. The molecule has 0 heterocycles. The van der Waals surface area contributed by atoms with Gasteiger partial charge in [-0.05, 0) is 84.7 Å². The number of carbonyl (C=O) groups is 1. The molecule has 4 rings (SSSR count). The van der Waals surface area contributed by atoms with Crippen molar-refractivity contribution >= 4 is 5.78 Å².